The first-order valence-corrected chi connectivity index (χ1v) is 4.64. The highest BCUT2D eigenvalue weighted by Crippen LogP contribution is 1.98. The Morgan fingerprint density at radius 3 is 2.77 bits per heavy atom. The largest absolute Gasteiger partial charge is 0.354 e. The van der Waals surface area contributed by atoms with Crippen molar-refractivity contribution >= 4 is 5.95 Å². The van der Waals surface area contributed by atoms with Gasteiger partial charge in [-0.3, -0.25) is 0 Å². The average molecular weight is 182 g/mol. The fourth-order valence-electron chi connectivity index (χ4n) is 1.07. The predicted molar refractivity (Wildman–Crippen MR) is 54.8 cm³/mol. The summed E-state index contributed by atoms with van der Waals surface area (Å²) < 4.78 is 1.97. The van der Waals surface area contributed by atoms with Crippen LogP contribution in [0.15, 0.2) is 12.4 Å². The molecule has 1 heterocycles. The van der Waals surface area contributed by atoms with E-state index in [1.807, 2.05) is 17.8 Å². The summed E-state index contributed by atoms with van der Waals surface area (Å²) in [7, 11) is 1.98. The highest BCUT2D eigenvalue weighted by atomic mass is 15.2. The van der Waals surface area contributed by atoms with Gasteiger partial charge in [-0.2, -0.15) is 0 Å². The molecule has 0 radical (unpaired) electrons. The van der Waals surface area contributed by atoms with Crippen LogP contribution in [0.5, 0.6) is 0 Å². The molecular formula is C9H18N4. The van der Waals surface area contributed by atoms with Crippen LogP contribution in [0.2, 0.25) is 0 Å². The van der Waals surface area contributed by atoms with Gasteiger partial charge in [-0.1, -0.05) is 13.8 Å². The molecule has 2 N–H and O–H groups in total. The number of nitrogens with zero attached hydrogens (tertiary/aromatic N) is 2. The van der Waals surface area contributed by atoms with Crippen molar-refractivity contribution in [2.75, 3.05) is 18.4 Å². The van der Waals surface area contributed by atoms with E-state index in [-0.39, 0.29) is 0 Å². The van der Waals surface area contributed by atoms with Crippen molar-refractivity contribution < 1.29 is 0 Å². The normalized spacial score (nSPS) is 10.8. The summed E-state index contributed by atoms with van der Waals surface area (Å²) in [5.74, 6) is 0.922. The highest BCUT2D eigenvalue weighted by Gasteiger charge is 1.96. The molecular weight excluding hydrogens is 164 g/mol. The fourth-order valence-corrected chi connectivity index (χ4v) is 1.07. The van der Waals surface area contributed by atoms with Gasteiger partial charge in [0.1, 0.15) is 0 Å². The van der Waals surface area contributed by atoms with E-state index >= 15 is 0 Å². The Morgan fingerprint density at radius 1 is 1.46 bits per heavy atom. The summed E-state index contributed by atoms with van der Waals surface area (Å²) in [4.78, 5) is 4.16. The van der Waals surface area contributed by atoms with Gasteiger partial charge in [-0.25, -0.2) is 4.98 Å². The van der Waals surface area contributed by atoms with E-state index in [0.29, 0.717) is 6.04 Å². The Balaban J connectivity index is 2.17. The van der Waals surface area contributed by atoms with Crippen LogP contribution in [0.25, 0.3) is 0 Å². The summed E-state index contributed by atoms with van der Waals surface area (Å²) in [6.07, 6.45) is 3.72. The number of anilines is 1. The molecule has 1 rings (SSSR count). The van der Waals surface area contributed by atoms with Crippen molar-refractivity contribution in [3.05, 3.63) is 12.4 Å². The molecule has 0 aliphatic carbocycles. The Labute approximate surface area is 79.4 Å². The van der Waals surface area contributed by atoms with Crippen LogP contribution in [0.4, 0.5) is 5.95 Å². The van der Waals surface area contributed by atoms with E-state index in [2.05, 4.69) is 29.5 Å². The lowest BCUT2D eigenvalue weighted by Crippen LogP contribution is -2.28. The quantitative estimate of drug-likeness (QED) is 0.663. The van der Waals surface area contributed by atoms with Crippen molar-refractivity contribution in [1.82, 2.24) is 14.9 Å². The van der Waals surface area contributed by atoms with E-state index < -0.39 is 0 Å². The number of nitrogens with one attached hydrogen (secondary N) is 2. The minimum absolute atomic E-state index is 0.545. The van der Waals surface area contributed by atoms with Gasteiger partial charge < -0.3 is 15.2 Å². The van der Waals surface area contributed by atoms with Gasteiger partial charge in [-0.15, -0.1) is 0 Å². The van der Waals surface area contributed by atoms with E-state index in [9.17, 15) is 0 Å². The maximum Gasteiger partial charge on any atom is 0.202 e. The first-order chi connectivity index (χ1) is 6.20. The number of imidazole rings is 1. The molecule has 0 amide bonds. The highest BCUT2D eigenvalue weighted by molar-refractivity contribution is 5.24. The molecule has 0 fully saturated rings. The third-order valence-electron chi connectivity index (χ3n) is 1.78. The summed E-state index contributed by atoms with van der Waals surface area (Å²) in [5, 5.41) is 6.57. The number of rotatable bonds is 5. The Morgan fingerprint density at radius 2 is 2.23 bits per heavy atom. The van der Waals surface area contributed by atoms with Crippen molar-refractivity contribution in [2.45, 2.75) is 19.9 Å². The molecule has 1 aromatic heterocycles. The molecule has 0 aromatic carbocycles. The van der Waals surface area contributed by atoms with Gasteiger partial charge in [0.15, 0.2) is 0 Å². The van der Waals surface area contributed by atoms with Crippen LogP contribution in [-0.2, 0) is 7.05 Å². The molecule has 4 nitrogen and oxygen atoms in total. The Bertz CT molecular complexity index is 242. The number of aromatic nitrogens is 2. The van der Waals surface area contributed by atoms with Crippen LogP contribution in [-0.4, -0.2) is 28.7 Å². The number of hydrogen-bond donors (Lipinski definition) is 2. The van der Waals surface area contributed by atoms with Gasteiger partial charge in [0.05, 0.1) is 0 Å². The van der Waals surface area contributed by atoms with E-state index in [1.165, 1.54) is 0 Å². The SMILES string of the molecule is CC(C)NCCNc1nccn1C. The second-order valence-electron chi connectivity index (χ2n) is 3.40. The monoisotopic (exact) mass is 182 g/mol. The lowest BCUT2D eigenvalue weighted by molar-refractivity contribution is 0.601. The zero-order valence-electron chi connectivity index (χ0n) is 8.54. The molecule has 0 saturated carbocycles. The van der Waals surface area contributed by atoms with Crippen LogP contribution in [0.3, 0.4) is 0 Å². The smallest absolute Gasteiger partial charge is 0.202 e. The summed E-state index contributed by atoms with van der Waals surface area (Å²) in [5.41, 5.74) is 0. The fraction of sp³-hybridized carbons (Fsp3) is 0.667. The molecule has 0 unspecified atom stereocenters. The average Bonchev–Trinajstić information content (AvgIpc) is 2.45. The minimum atomic E-state index is 0.545. The van der Waals surface area contributed by atoms with Crippen molar-refractivity contribution in [1.29, 1.82) is 0 Å². The van der Waals surface area contributed by atoms with Gasteiger partial charge in [0, 0.05) is 38.6 Å². The van der Waals surface area contributed by atoms with E-state index in [4.69, 9.17) is 0 Å². The molecule has 0 spiro atoms. The second-order valence-corrected chi connectivity index (χ2v) is 3.40. The lowest BCUT2D eigenvalue weighted by atomic mass is 10.4. The van der Waals surface area contributed by atoms with Gasteiger partial charge in [-0.05, 0) is 0 Å². The number of hydrogen-bond acceptors (Lipinski definition) is 3. The van der Waals surface area contributed by atoms with E-state index in [0.717, 1.165) is 19.0 Å². The van der Waals surface area contributed by atoms with Gasteiger partial charge >= 0.3 is 0 Å². The molecule has 0 atom stereocenters. The van der Waals surface area contributed by atoms with Gasteiger partial charge in [0.2, 0.25) is 5.95 Å². The molecule has 74 valence electrons. The maximum absolute atomic E-state index is 4.16. The van der Waals surface area contributed by atoms with Crippen molar-refractivity contribution in [3.8, 4) is 0 Å². The van der Waals surface area contributed by atoms with Crippen molar-refractivity contribution in [2.24, 2.45) is 7.05 Å². The molecule has 0 aliphatic rings. The predicted octanol–water partition coefficient (Wildman–Crippen LogP) is 0.830. The van der Waals surface area contributed by atoms with Crippen LogP contribution in [0, 0.1) is 0 Å². The summed E-state index contributed by atoms with van der Waals surface area (Å²) in [6.45, 7) is 6.15. The van der Waals surface area contributed by atoms with Crippen LogP contribution in [0.1, 0.15) is 13.8 Å². The maximum atomic E-state index is 4.16. The molecule has 0 saturated heterocycles. The Kier molecular flexibility index (Phi) is 3.76. The van der Waals surface area contributed by atoms with Crippen LogP contribution < -0.4 is 10.6 Å². The van der Waals surface area contributed by atoms with Gasteiger partial charge in [0.25, 0.3) is 0 Å². The second kappa shape index (κ2) is 4.87. The molecule has 4 heteroatoms. The third kappa shape index (κ3) is 3.46. The summed E-state index contributed by atoms with van der Waals surface area (Å²) in [6, 6.07) is 0.545. The topological polar surface area (TPSA) is 41.9 Å². The molecule has 0 aliphatic heterocycles. The summed E-state index contributed by atoms with van der Waals surface area (Å²) >= 11 is 0. The standard InChI is InChI=1S/C9H18N4/c1-8(2)10-4-5-11-9-12-6-7-13(9)3/h6-8,10H,4-5H2,1-3H3,(H,11,12). The minimum Gasteiger partial charge on any atom is -0.354 e. The third-order valence-corrected chi connectivity index (χ3v) is 1.78. The lowest BCUT2D eigenvalue weighted by Gasteiger charge is -2.09. The van der Waals surface area contributed by atoms with Crippen molar-refractivity contribution in [3.63, 3.8) is 0 Å². The van der Waals surface area contributed by atoms with E-state index in [1.54, 1.807) is 6.20 Å². The molecule has 1 aromatic rings. The number of aryl methyl sites for hydroxylation is 1. The Hall–Kier alpha value is -1.03. The first-order valence-electron chi connectivity index (χ1n) is 4.64. The van der Waals surface area contributed by atoms with Crippen LogP contribution >= 0.6 is 0 Å². The molecule has 0 bridgehead atoms. The zero-order valence-corrected chi connectivity index (χ0v) is 8.54. The first kappa shape index (κ1) is 10.1. The molecule has 13 heavy (non-hydrogen) atoms. The zero-order chi connectivity index (χ0) is 9.68.